The lowest BCUT2D eigenvalue weighted by Gasteiger charge is -2.13. The molecule has 1 amide bonds. The molecule has 0 aliphatic heterocycles. The van der Waals surface area contributed by atoms with Crippen molar-refractivity contribution < 1.29 is 19.0 Å². The van der Waals surface area contributed by atoms with Crippen LogP contribution in [-0.4, -0.2) is 29.4 Å². The molecule has 29 heavy (non-hydrogen) atoms. The molecule has 0 aliphatic carbocycles. The lowest BCUT2D eigenvalue weighted by Crippen LogP contribution is -2.23. The third kappa shape index (κ3) is 4.75. The Balaban J connectivity index is 1.85. The number of methoxy groups -OCH3 is 1. The second kappa shape index (κ2) is 9.54. The summed E-state index contributed by atoms with van der Waals surface area (Å²) in [5.74, 6) is -0.574. The third-order valence-electron chi connectivity index (χ3n) is 4.51. The van der Waals surface area contributed by atoms with Crippen LogP contribution in [0.15, 0.2) is 59.8 Å². The van der Waals surface area contributed by atoms with Crippen LogP contribution in [0.5, 0.6) is 5.75 Å². The van der Waals surface area contributed by atoms with Crippen molar-refractivity contribution in [3.63, 3.8) is 0 Å². The van der Waals surface area contributed by atoms with Crippen molar-refractivity contribution in [1.29, 1.82) is 0 Å². The second-order valence-electron chi connectivity index (χ2n) is 6.26. The second-order valence-corrected chi connectivity index (χ2v) is 7.11. The van der Waals surface area contributed by atoms with Gasteiger partial charge in [0, 0.05) is 29.4 Å². The van der Waals surface area contributed by atoms with E-state index in [0.29, 0.717) is 11.1 Å². The summed E-state index contributed by atoms with van der Waals surface area (Å²) in [6.07, 6.45) is 5.18. The zero-order valence-electron chi connectivity index (χ0n) is 16.1. The molecule has 3 aromatic rings. The van der Waals surface area contributed by atoms with Gasteiger partial charge >= 0.3 is 0 Å². The number of nitrogens with zero attached hydrogens (tertiary/aromatic N) is 1. The Kier molecular flexibility index (Phi) is 6.85. The van der Waals surface area contributed by atoms with E-state index in [-0.39, 0.29) is 24.8 Å². The molecular weight excluding hydrogens is 391 g/mol. The van der Waals surface area contributed by atoms with Crippen molar-refractivity contribution in [2.24, 2.45) is 0 Å². The molecule has 0 aliphatic rings. The number of aliphatic hydroxyl groups is 1. The molecule has 0 atom stereocenters. The molecule has 2 aromatic carbocycles. The van der Waals surface area contributed by atoms with Gasteiger partial charge in [0.1, 0.15) is 0 Å². The van der Waals surface area contributed by atoms with E-state index in [1.165, 1.54) is 31.0 Å². The summed E-state index contributed by atoms with van der Waals surface area (Å²) in [5.41, 5.74) is 3.44. The summed E-state index contributed by atoms with van der Waals surface area (Å²) in [6, 6.07) is 11.9. The molecule has 0 saturated heterocycles. The van der Waals surface area contributed by atoms with Gasteiger partial charge in [-0.25, -0.2) is 4.39 Å². The minimum Gasteiger partial charge on any atom is -0.494 e. The third-order valence-corrected chi connectivity index (χ3v) is 5.30. The number of rotatable bonds is 7. The number of pyridine rings is 1. The number of hydrogen-bond donors (Lipinski definition) is 2. The molecule has 1 heterocycles. The summed E-state index contributed by atoms with van der Waals surface area (Å²) in [7, 11) is 1.40. The molecule has 0 saturated carbocycles. The van der Waals surface area contributed by atoms with Gasteiger partial charge in [-0.05, 0) is 53.3 Å². The number of hydrogen-bond acceptors (Lipinski definition) is 5. The van der Waals surface area contributed by atoms with Gasteiger partial charge in [0.15, 0.2) is 11.6 Å². The van der Waals surface area contributed by atoms with Crippen LogP contribution in [0, 0.1) is 5.82 Å². The summed E-state index contributed by atoms with van der Waals surface area (Å²) in [6.45, 7) is 0.0687. The Morgan fingerprint density at radius 1 is 1.24 bits per heavy atom. The first-order valence-corrected chi connectivity index (χ1v) is 10.1. The number of nitrogens with one attached hydrogen (secondary N) is 1. The highest BCUT2D eigenvalue weighted by Crippen LogP contribution is 2.29. The molecular formula is C22H21FN2O3S. The first kappa shape index (κ1) is 20.8. The number of ether oxygens (including phenoxy) is 1. The van der Waals surface area contributed by atoms with Crippen molar-refractivity contribution in [2.45, 2.75) is 18.0 Å². The van der Waals surface area contributed by atoms with Crippen molar-refractivity contribution in [1.82, 2.24) is 10.3 Å². The van der Waals surface area contributed by atoms with Gasteiger partial charge < -0.3 is 15.2 Å². The Morgan fingerprint density at radius 2 is 2.07 bits per heavy atom. The molecule has 0 fully saturated rings. The molecule has 1 aromatic heterocycles. The van der Waals surface area contributed by atoms with Crippen LogP contribution in [0.4, 0.5) is 4.39 Å². The Bertz CT molecular complexity index is 1030. The highest BCUT2D eigenvalue weighted by molar-refractivity contribution is 7.98. The lowest BCUT2D eigenvalue weighted by atomic mass is 10.00. The van der Waals surface area contributed by atoms with E-state index < -0.39 is 5.82 Å². The van der Waals surface area contributed by atoms with Gasteiger partial charge in [-0.1, -0.05) is 12.1 Å². The number of halogens is 1. The Labute approximate surface area is 172 Å². The number of carbonyl (C=O) groups is 1. The molecule has 0 spiro atoms. The Hall–Kier alpha value is -2.90. The molecule has 0 radical (unpaired) electrons. The zero-order chi connectivity index (χ0) is 20.8. The maximum Gasteiger partial charge on any atom is 0.252 e. The van der Waals surface area contributed by atoms with Crippen LogP contribution in [0.2, 0.25) is 0 Å². The summed E-state index contributed by atoms with van der Waals surface area (Å²) in [4.78, 5) is 17.8. The minimum atomic E-state index is -0.473. The van der Waals surface area contributed by atoms with Crippen LogP contribution >= 0.6 is 11.8 Å². The molecule has 5 nitrogen and oxygen atoms in total. The molecule has 0 bridgehead atoms. The lowest BCUT2D eigenvalue weighted by molar-refractivity contribution is 0.0948. The van der Waals surface area contributed by atoms with Crippen molar-refractivity contribution >= 4 is 17.7 Å². The van der Waals surface area contributed by atoms with Crippen LogP contribution in [0.25, 0.3) is 11.1 Å². The fourth-order valence-corrected chi connectivity index (χ4v) is 3.55. The van der Waals surface area contributed by atoms with E-state index in [4.69, 9.17) is 4.74 Å². The van der Waals surface area contributed by atoms with Crippen molar-refractivity contribution in [2.75, 3.05) is 13.4 Å². The van der Waals surface area contributed by atoms with Crippen LogP contribution in [-0.2, 0) is 13.2 Å². The monoisotopic (exact) mass is 412 g/mol. The van der Waals surface area contributed by atoms with Crippen molar-refractivity contribution in [3.05, 3.63) is 77.4 Å². The van der Waals surface area contributed by atoms with Crippen LogP contribution in [0.1, 0.15) is 21.5 Å². The SMILES string of the molecule is COc1ccc(CNC(=O)c2cc(-c3cnccc3CO)ccc2SC)cc1F. The first-order chi connectivity index (χ1) is 14.1. The number of benzene rings is 2. The van der Waals surface area contributed by atoms with E-state index in [1.54, 1.807) is 30.6 Å². The minimum absolute atomic E-state index is 0.118. The molecule has 0 unspecified atom stereocenters. The van der Waals surface area contributed by atoms with Crippen LogP contribution in [0.3, 0.4) is 0 Å². The summed E-state index contributed by atoms with van der Waals surface area (Å²) >= 11 is 1.46. The van der Waals surface area contributed by atoms with Gasteiger partial charge in [-0.3, -0.25) is 9.78 Å². The predicted molar refractivity (Wildman–Crippen MR) is 111 cm³/mol. The average molecular weight is 412 g/mol. The highest BCUT2D eigenvalue weighted by atomic mass is 32.2. The smallest absolute Gasteiger partial charge is 0.252 e. The normalized spacial score (nSPS) is 10.6. The largest absolute Gasteiger partial charge is 0.494 e. The van der Waals surface area contributed by atoms with Gasteiger partial charge in [0.2, 0.25) is 0 Å². The molecule has 7 heteroatoms. The number of aliphatic hydroxyl groups excluding tert-OH is 1. The number of amides is 1. The fraction of sp³-hybridized carbons (Fsp3) is 0.182. The van der Waals surface area contributed by atoms with E-state index in [9.17, 15) is 14.3 Å². The van der Waals surface area contributed by atoms with E-state index >= 15 is 0 Å². The quantitative estimate of drug-likeness (QED) is 0.573. The van der Waals surface area contributed by atoms with Gasteiger partial charge in [-0.15, -0.1) is 11.8 Å². The highest BCUT2D eigenvalue weighted by Gasteiger charge is 2.14. The summed E-state index contributed by atoms with van der Waals surface area (Å²) in [5, 5.41) is 12.4. The first-order valence-electron chi connectivity index (χ1n) is 8.90. The molecule has 150 valence electrons. The van der Waals surface area contributed by atoms with Gasteiger partial charge in [0.05, 0.1) is 19.3 Å². The summed E-state index contributed by atoms with van der Waals surface area (Å²) < 4.78 is 18.8. The van der Waals surface area contributed by atoms with E-state index in [0.717, 1.165) is 21.6 Å². The number of aromatic nitrogens is 1. The van der Waals surface area contributed by atoms with Crippen LogP contribution < -0.4 is 10.1 Å². The predicted octanol–water partition coefficient (Wildman–Crippen LogP) is 4.04. The fourth-order valence-electron chi connectivity index (χ4n) is 2.97. The van der Waals surface area contributed by atoms with Gasteiger partial charge in [0.25, 0.3) is 5.91 Å². The molecule has 3 rings (SSSR count). The zero-order valence-corrected chi connectivity index (χ0v) is 16.9. The van der Waals surface area contributed by atoms with Crippen molar-refractivity contribution in [3.8, 4) is 16.9 Å². The topological polar surface area (TPSA) is 71.5 Å². The standard InChI is InChI=1S/C22H21FN2O3S/c1-28-20-5-3-14(9-19(20)23)11-25-22(27)17-10-15(4-6-21(17)29-2)18-12-24-8-7-16(18)13-26/h3-10,12,26H,11,13H2,1-2H3,(H,25,27). The Morgan fingerprint density at radius 3 is 2.76 bits per heavy atom. The van der Waals surface area contributed by atoms with E-state index in [2.05, 4.69) is 10.3 Å². The van der Waals surface area contributed by atoms with E-state index in [1.807, 2.05) is 18.4 Å². The van der Waals surface area contributed by atoms with Gasteiger partial charge in [-0.2, -0.15) is 0 Å². The number of thioether (sulfide) groups is 1. The average Bonchev–Trinajstić information content (AvgIpc) is 2.77. The maximum absolute atomic E-state index is 13.9. The molecule has 2 N–H and O–H groups in total. The maximum atomic E-state index is 13.9. The number of carbonyl (C=O) groups excluding carboxylic acids is 1.